The lowest BCUT2D eigenvalue weighted by molar-refractivity contribution is 0.983. The summed E-state index contributed by atoms with van der Waals surface area (Å²) < 4.78 is 0. The molecular weight excluding hydrogens is 374 g/mol. The lowest BCUT2D eigenvalue weighted by atomic mass is 10.0. The zero-order valence-electron chi connectivity index (χ0n) is 16.2. The first-order valence-corrected chi connectivity index (χ1v) is 9.81. The van der Waals surface area contributed by atoms with Gasteiger partial charge in [0.05, 0.1) is 0 Å². The lowest BCUT2D eigenvalue weighted by Gasteiger charge is -1.99. The van der Waals surface area contributed by atoms with Crippen molar-refractivity contribution < 1.29 is 0 Å². The molecule has 0 unspecified atom stereocenters. The minimum Gasteiger partial charge on any atom is -0.398 e. The van der Waals surface area contributed by atoms with Crippen LogP contribution < -0.4 is 5.73 Å². The second-order valence-electron chi connectivity index (χ2n) is 6.37. The molecule has 3 aromatic carbocycles. The number of unbranched alkanes of at least 4 members (excludes halogenated alkanes) is 1. The molecule has 0 spiro atoms. The van der Waals surface area contributed by atoms with E-state index in [0.717, 1.165) is 40.7 Å². The third-order valence-electron chi connectivity index (χ3n) is 4.13. The molecule has 1 nitrogen and oxygen atoms in total. The van der Waals surface area contributed by atoms with Crippen molar-refractivity contribution in [1.82, 2.24) is 0 Å². The van der Waals surface area contributed by atoms with Gasteiger partial charge in [0.25, 0.3) is 0 Å². The van der Waals surface area contributed by atoms with Gasteiger partial charge in [0.1, 0.15) is 0 Å². The van der Waals surface area contributed by atoms with Crippen molar-refractivity contribution in [3.05, 3.63) is 99.6 Å². The number of nitrogens with two attached hydrogens (primary N) is 1. The van der Waals surface area contributed by atoms with Crippen LogP contribution in [0, 0.1) is 35.5 Å². The number of hydrogen-bond donors (Lipinski definition) is 1. The van der Waals surface area contributed by atoms with E-state index in [-0.39, 0.29) is 0 Å². The van der Waals surface area contributed by atoms with Crippen LogP contribution >= 0.6 is 11.6 Å². The Labute approximate surface area is 177 Å². The molecular formula is C27H20ClN. The van der Waals surface area contributed by atoms with E-state index in [9.17, 15) is 0 Å². The third kappa shape index (κ3) is 5.70. The first-order valence-electron chi connectivity index (χ1n) is 9.43. The molecule has 0 aromatic heterocycles. The summed E-state index contributed by atoms with van der Waals surface area (Å²) in [5.41, 5.74) is 10.9. The summed E-state index contributed by atoms with van der Waals surface area (Å²) >= 11 is 5.96. The molecule has 0 radical (unpaired) electrons. The van der Waals surface area contributed by atoms with Crippen LogP contribution in [0.2, 0.25) is 5.02 Å². The predicted octanol–water partition coefficient (Wildman–Crippen LogP) is 5.87. The van der Waals surface area contributed by atoms with Crippen molar-refractivity contribution in [2.75, 3.05) is 5.73 Å². The molecule has 140 valence electrons. The predicted molar refractivity (Wildman–Crippen MR) is 122 cm³/mol. The maximum absolute atomic E-state index is 6.00. The van der Waals surface area contributed by atoms with Crippen LogP contribution in [0.25, 0.3) is 0 Å². The maximum Gasteiger partial charge on any atom is 0.0488 e. The second kappa shape index (κ2) is 10.1. The lowest BCUT2D eigenvalue weighted by Crippen LogP contribution is -1.90. The monoisotopic (exact) mass is 393 g/mol. The van der Waals surface area contributed by atoms with E-state index in [4.69, 9.17) is 17.3 Å². The Kier molecular flexibility index (Phi) is 7.03. The van der Waals surface area contributed by atoms with Gasteiger partial charge in [-0.3, -0.25) is 0 Å². The first-order chi connectivity index (χ1) is 14.2. The van der Waals surface area contributed by atoms with E-state index in [1.807, 2.05) is 54.6 Å². The fraction of sp³-hybridized carbons (Fsp3) is 0.111. The van der Waals surface area contributed by atoms with E-state index in [2.05, 4.69) is 42.4 Å². The van der Waals surface area contributed by atoms with Crippen molar-refractivity contribution in [3.8, 4) is 35.5 Å². The summed E-state index contributed by atoms with van der Waals surface area (Å²) in [6.07, 6.45) is 1.93. The van der Waals surface area contributed by atoms with Crippen LogP contribution in [-0.2, 0) is 0 Å². The standard InChI is InChI=1S/C27H20ClN/c1-2-3-4-9-21-10-5-6-11-22(21)14-15-23-12-7-8-13-24(23)16-17-25-18-19-26(28)20-27(25)29/h5-8,10-13,18-20H,2-3,29H2,1H3. The van der Waals surface area contributed by atoms with E-state index < -0.39 is 0 Å². The van der Waals surface area contributed by atoms with Crippen LogP contribution in [0.5, 0.6) is 0 Å². The fourth-order valence-electron chi connectivity index (χ4n) is 2.60. The zero-order chi connectivity index (χ0) is 20.5. The quantitative estimate of drug-likeness (QED) is 0.406. The fourth-order valence-corrected chi connectivity index (χ4v) is 2.78. The summed E-state index contributed by atoms with van der Waals surface area (Å²) in [7, 11) is 0. The van der Waals surface area contributed by atoms with Crippen LogP contribution in [-0.4, -0.2) is 0 Å². The van der Waals surface area contributed by atoms with Crippen molar-refractivity contribution >= 4 is 17.3 Å². The van der Waals surface area contributed by atoms with Crippen molar-refractivity contribution in [3.63, 3.8) is 0 Å². The topological polar surface area (TPSA) is 26.0 Å². The van der Waals surface area contributed by atoms with E-state index >= 15 is 0 Å². The summed E-state index contributed by atoms with van der Waals surface area (Å²) in [6, 6.07) is 21.1. The van der Waals surface area contributed by atoms with Crippen LogP contribution in [0.15, 0.2) is 66.7 Å². The Hall–Kier alpha value is -3.57. The highest BCUT2D eigenvalue weighted by Crippen LogP contribution is 2.17. The molecule has 0 saturated heterocycles. The smallest absolute Gasteiger partial charge is 0.0488 e. The van der Waals surface area contributed by atoms with Crippen LogP contribution in [0.1, 0.15) is 47.6 Å². The van der Waals surface area contributed by atoms with E-state index in [1.165, 1.54) is 0 Å². The average molecular weight is 394 g/mol. The number of halogens is 1. The van der Waals surface area contributed by atoms with Gasteiger partial charge in [-0.15, -0.1) is 0 Å². The van der Waals surface area contributed by atoms with Crippen LogP contribution in [0.3, 0.4) is 0 Å². The SMILES string of the molecule is CCCC#Cc1ccccc1C#Cc1ccccc1C#Cc1ccc(Cl)cc1N. The first kappa shape index (κ1) is 20.2. The second-order valence-corrected chi connectivity index (χ2v) is 6.81. The Morgan fingerprint density at radius 1 is 0.690 bits per heavy atom. The van der Waals surface area contributed by atoms with Crippen molar-refractivity contribution in [2.45, 2.75) is 19.8 Å². The molecule has 0 aliphatic heterocycles. The highest BCUT2D eigenvalue weighted by molar-refractivity contribution is 6.30. The molecule has 3 aromatic rings. The van der Waals surface area contributed by atoms with Gasteiger partial charge in [0.15, 0.2) is 0 Å². The molecule has 0 atom stereocenters. The van der Waals surface area contributed by atoms with Gasteiger partial charge in [0.2, 0.25) is 0 Å². The maximum atomic E-state index is 6.00. The van der Waals surface area contributed by atoms with Gasteiger partial charge in [-0.1, -0.05) is 78.3 Å². The highest BCUT2D eigenvalue weighted by atomic mass is 35.5. The summed E-state index contributed by atoms with van der Waals surface area (Å²) in [4.78, 5) is 0. The van der Waals surface area contributed by atoms with Crippen LogP contribution in [0.4, 0.5) is 5.69 Å². The van der Waals surface area contributed by atoms with Gasteiger partial charge >= 0.3 is 0 Å². The molecule has 0 saturated carbocycles. The Balaban J connectivity index is 1.93. The number of benzene rings is 3. The molecule has 2 N–H and O–H groups in total. The summed E-state index contributed by atoms with van der Waals surface area (Å²) in [5, 5.41) is 0.597. The summed E-state index contributed by atoms with van der Waals surface area (Å²) in [5.74, 6) is 19.2. The molecule has 29 heavy (non-hydrogen) atoms. The Morgan fingerprint density at radius 2 is 1.17 bits per heavy atom. The molecule has 0 fully saturated rings. The van der Waals surface area contributed by atoms with Gasteiger partial charge in [-0.05, 0) is 48.9 Å². The van der Waals surface area contributed by atoms with Gasteiger partial charge < -0.3 is 5.73 Å². The van der Waals surface area contributed by atoms with Gasteiger partial charge in [-0.25, -0.2) is 0 Å². The third-order valence-corrected chi connectivity index (χ3v) is 4.36. The molecule has 0 aliphatic carbocycles. The van der Waals surface area contributed by atoms with E-state index in [1.54, 1.807) is 12.1 Å². The Morgan fingerprint density at radius 3 is 1.66 bits per heavy atom. The van der Waals surface area contributed by atoms with Crippen molar-refractivity contribution in [1.29, 1.82) is 0 Å². The molecule has 0 aliphatic rings. The minimum atomic E-state index is 0.563. The zero-order valence-corrected chi connectivity index (χ0v) is 17.0. The minimum absolute atomic E-state index is 0.563. The average Bonchev–Trinajstić information content (AvgIpc) is 2.73. The number of hydrogen-bond acceptors (Lipinski definition) is 1. The van der Waals surface area contributed by atoms with Crippen molar-refractivity contribution in [2.24, 2.45) is 0 Å². The van der Waals surface area contributed by atoms with Gasteiger partial charge in [-0.2, -0.15) is 0 Å². The molecule has 0 amide bonds. The largest absolute Gasteiger partial charge is 0.398 e. The molecule has 0 bridgehead atoms. The molecule has 3 rings (SSSR count). The normalized spacial score (nSPS) is 9.31. The van der Waals surface area contributed by atoms with Gasteiger partial charge in [0, 0.05) is 44.9 Å². The highest BCUT2D eigenvalue weighted by Gasteiger charge is 1.99. The molecule has 2 heteroatoms. The summed E-state index contributed by atoms with van der Waals surface area (Å²) in [6.45, 7) is 2.12. The number of rotatable bonds is 1. The number of anilines is 1. The molecule has 0 heterocycles. The van der Waals surface area contributed by atoms with E-state index in [0.29, 0.717) is 10.7 Å². The number of nitrogen functional groups attached to an aromatic ring is 1. The Bertz CT molecular complexity index is 1200.